The van der Waals surface area contributed by atoms with Crippen LogP contribution < -0.4 is 10.1 Å². The number of unbranched alkanes of at least 4 members (excludes halogenated alkanes) is 3. The van der Waals surface area contributed by atoms with Gasteiger partial charge in [-0.25, -0.2) is 0 Å². The van der Waals surface area contributed by atoms with E-state index in [1.54, 1.807) is 0 Å². The summed E-state index contributed by atoms with van der Waals surface area (Å²) in [7, 11) is 0. The molecule has 0 aliphatic heterocycles. The summed E-state index contributed by atoms with van der Waals surface area (Å²) < 4.78 is 5.75. The van der Waals surface area contributed by atoms with Gasteiger partial charge in [0.15, 0.2) is 0 Å². The standard InChI is InChI=1S/C16H27NO/c1-4-17-11-7-5-6-8-12-18-16-10-9-14(2)15(3)13-16/h9-10,13,17H,4-8,11-12H2,1-3H3. The molecule has 0 heterocycles. The highest BCUT2D eigenvalue weighted by molar-refractivity contribution is 5.33. The Labute approximate surface area is 112 Å². The van der Waals surface area contributed by atoms with Gasteiger partial charge in [-0.1, -0.05) is 25.8 Å². The van der Waals surface area contributed by atoms with Crippen LogP contribution in [-0.2, 0) is 0 Å². The minimum absolute atomic E-state index is 0.837. The molecule has 0 atom stereocenters. The van der Waals surface area contributed by atoms with Gasteiger partial charge in [-0.05, 0) is 63.0 Å². The van der Waals surface area contributed by atoms with Crippen molar-refractivity contribution in [3.63, 3.8) is 0 Å². The summed E-state index contributed by atoms with van der Waals surface area (Å²) in [5.41, 5.74) is 2.63. The largest absolute Gasteiger partial charge is 0.494 e. The number of hydrogen-bond acceptors (Lipinski definition) is 2. The van der Waals surface area contributed by atoms with E-state index in [0.29, 0.717) is 0 Å². The lowest BCUT2D eigenvalue weighted by atomic mass is 10.1. The first kappa shape index (κ1) is 15.0. The lowest BCUT2D eigenvalue weighted by Crippen LogP contribution is -2.13. The molecule has 0 saturated carbocycles. The van der Waals surface area contributed by atoms with E-state index in [4.69, 9.17) is 4.74 Å². The molecular weight excluding hydrogens is 222 g/mol. The van der Waals surface area contributed by atoms with E-state index < -0.39 is 0 Å². The van der Waals surface area contributed by atoms with Gasteiger partial charge >= 0.3 is 0 Å². The second kappa shape index (κ2) is 8.98. The summed E-state index contributed by atoms with van der Waals surface area (Å²) in [6.07, 6.45) is 4.98. The first-order chi connectivity index (χ1) is 8.74. The van der Waals surface area contributed by atoms with Gasteiger partial charge in [0.2, 0.25) is 0 Å². The quantitative estimate of drug-likeness (QED) is 0.671. The zero-order valence-corrected chi connectivity index (χ0v) is 12.1. The van der Waals surface area contributed by atoms with E-state index in [1.165, 1.54) is 30.4 Å². The van der Waals surface area contributed by atoms with Crippen LogP contribution in [0.2, 0.25) is 0 Å². The third-order valence-corrected chi connectivity index (χ3v) is 3.24. The Kier molecular flexibility index (Phi) is 7.51. The highest BCUT2D eigenvalue weighted by Crippen LogP contribution is 2.16. The Balaban J connectivity index is 2.05. The van der Waals surface area contributed by atoms with Gasteiger partial charge in [-0.3, -0.25) is 0 Å². The summed E-state index contributed by atoms with van der Waals surface area (Å²) in [6.45, 7) is 9.47. The molecule has 0 spiro atoms. The Hall–Kier alpha value is -1.02. The topological polar surface area (TPSA) is 21.3 Å². The molecule has 1 N–H and O–H groups in total. The monoisotopic (exact) mass is 249 g/mol. The van der Waals surface area contributed by atoms with Gasteiger partial charge in [-0.2, -0.15) is 0 Å². The molecule has 0 bridgehead atoms. The number of nitrogens with one attached hydrogen (secondary N) is 1. The van der Waals surface area contributed by atoms with E-state index in [0.717, 1.165) is 31.9 Å². The predicted molar refractivity (Wildman–Crippen MR) is 78.4 cm³/mol. The second-order valence-corrected chi connectivity index (χ2v) is 4.86. The number of aryl methyl sites for hydroxylation is 2. The Morgan fingerprint density at radius 1 is 1.00 bits per heavy atom. The maximum Gasteiger partial charge on any atom is 0.119 e. The Morgan fingerprint density at radius 3 is 2.50 bits per heavy atom. The summed E-state index contributed by atoms with van der Waals surface area (Å²) in [5, 5.41) is 3.35. The molecule has 18 heavy (non-hydrogen) atoms. The summed E-state index contributed by atoms with van der Waals surface area (Å²) in [6, 6.07) is 6.31. The van der Waals surface area contributed by atoms with Crippen LogP contribution in [0.1, 0.15) is 43.7 Å². The molecule has 2 nitrogen and oxygen atoms in total. The maximum absolute atomic E-state index is 5.75. The molecule has 0 fully saturated rings. The smallest absolute Gasteiger partial charge is 0.119 e. The van der Waals surface area contributed by atoms with Crippen LogP contribution in [0, 0.1) is 13.8 Å². The number of ether oxygens (including phenoxy) is 1. The number of benzene rings is 1. The second-order valence-electron chi connectivity index (χ2n) is 4.86. The van der Waals surface area contributed by atoms with Gasteiger partial charge in [-0.15, -0.1) is 0 Å². The van der Waals surface area contributed by atoms with Gasteiger partial charge in [0, 0.05) is 0 Å². The Bertz CT molecular complexity index is 336. The fourth-order valence-electron chi connectivity index (χ4n) is 1.88. The molecule has 0 aliphatic rings. The summed E-state index contributed by atoms with van der Waals surface area (Å²) in [4.78, 5) is 0. The molecule has 102 valence electrons. The van der Waals surface area contributed by atoms with Crippen molar-refractivity contribution >= 4 is 0 Å². The molecule has 1 aromatic carbocycles. The van der Waals surface area contributed by atoms with Crippen LogP contribution in [0.5, 0.6) is 5.75 Å². The average Bonchev–Trinajstić information content (AvgIpc) is 2.37. The molecule has 0 aliphatic carbocycles. The summed E-state index contributed by atoms with van der Waals surface area (Å²) >= 11 is 0. The minimum atomic E-state index is 0.837. The Morgan fingerprint density at radius 2 is 1.78 bits per heavy atom. The SMILES string of the molecule is CCNCCCCCCOc1ccc(C)c(C)c1. The molecule has 0 amide bonds. The molecule has 0 unspecified atom stereocenters. The summed E-state index contributed by atoms with van der Waals surface area (Å²) in [5.74, 6) is 1.01. The molecule has 0 aromatic heterocycles. The zero-order valence-electron chi connectivity index (χ0n) is 12.1. The van der Waals surface area contributed by atoms with Crippen molar-refractivity contribution in [2.45, 2.75) is 46.5 Å². The van der Waals surface area contributed by atoms with Crippen LogP contribution in [-0.4, -0.2) is 19.7 Å². The van der Waals surface area contributed by atoms with Crippen molar-refractivity contribution in [2.75, 3.05) is 19.7 Å². The first-order valence-electron chi connectivity index (χ1n) is 7.15. The first-order valence-corrected chi connectivity index (χ1v) is 7.15. The van der Waals surface area contributed by atoms with E-state index in [-0.39, 0.29) is 0 Å². The van der Waals surface area contributed by atoms with Gasteiger partial charge in [0.05, 0.1) is 6.61 Å². The van der Waals surface area contributed by atoms with Crippen molar-refractivity contribution in [3.05, 3.63) is 29.3 Å². The van der Waals surface area contributed by atoms with Crippen molar-refractivity contribution < 1.29 is 4.74 Å². The van der Waals surface area contributed by atoms with E-state index in [1.807, 2.05) is 0 Å². The normalized spacial score (nSPS) is 10.6. The van der Waals surface area contributed by atoms with Gasteiger partial charge in [0.25, 0.3) is 0 Å². The van der Waals surface area contributed by atoms with Crippen LogP contribution in [0.25, 0.3) is 0 Å². The zero-order chi connectivity index (χ0) is 13.2. The van der Waals surface area contributed by atoms with Crippen LogP contribution >= 0.6 is 0 Å². The van der Waals surface area contributed by atoms with E-state index >= 15 is 0 Å². The fraction of sp³-hybridized carbons (Fsp3) is 0.625. The molecular formula is C16H27NO. The third-order valence-electron chi connectivity index (χ3n) is 3.24. The lowest BCUT2D eigenvalue weighted by molar-refractivity contribution is 0.304. The highest BCUT2D eigenvalue weighted by Gasteiger charge is 1.97. The van der Waals surface area contributed by atoms with Crippen molar-refractivity contribution in [1.29, 1.82) is 0 Å². The van der Waals surface area contributed by atoms with Crippen LogP contribution in [0.3, 0.4) is 0 Å². The predicted octanol–water partition coefficient (Wildman–Crippen LogP) is 3.85. The third kappa shape index (κ3) is 6.06. The van der Waals surface area contributed by atoms with Gasteiger partial charge in [0.1, 0.15) is 5.75 Å². The highest BCUT2D eigenvalue weighted by atomic mass is 16.5. The fourth-order valence-corrected chi connectivity index (χ4v) is 1.88. The van der Waals surface area contributed by atoms with Crippen molar-refractivity contribution in [1.82, 2.24) is 5.32 Å². The maximum atomic E-state index is 5.75. The average molecular weight is 249 g/mol. The van der Waals surface area contributed by atoms with E-state index in [2.05, 4.69) is 44.3 Å². The van der Waals surface area contributed by atoms with Crippen LogP contribution in [0.4, 0.5) is 0 Å². The van der Waals surface area contributed by atoms with Crippen LogP contribution in [0.15, 0.2) is 18.2 Å². The molecule has 1 aromatic rings. The minimum Gasteiger partial charge on any atom is -0.494 e. The van der Waals surface area contributed by atoms with Gasteiger partial charge < -0.3 is 10.1 Å². The van der Waals surface area contributed by atoms with Crippen molar-refractivity contribution in [3.8, 4) is 5.75 Å². The molecule has 2 heteroatoms. The number of rotatable bonds is 9. The van der Waals surface area contributed by atoms with Crippen molar-refractivity contribution in [2.24, 2.45) is 0 Å². The molecule has 0 radical (unpaired) electrons. The molecule has 1 rings (SSSR count). The molecule has 0 saturated heterocycles. The number of hydrogen-bond donors (Lipinski definition) is 1. The lowest BCUT2D eigenvalue weighted by Gasteiger charge is -2.08. The van der Waals surface area contributed by atoms with E-state index in [9.17, 15) is 0 Å².